The van der Waals surface area contributed by atoms with Gasteiger partial charge in [0.25, 0.3) is 0 Å². The number of esters is 1. The van der Waals surface area contributed by atoms with Crippen LogP contribution in [-0.4, -0.2) is 22.6 Å². The Morgan fingerprint density at radius 1 is 1.27 bits per heavy atom. The normalized spacial score (nSPS) is 11.5. The molecule has 0 spiro atoms. The van der Waals surface area contributed by atoms with E-state index in [1.54, 1.807) is 0 Å². The summed E-state index contributed by atoms with van der Waals surface area (Å²) >= 11 is 0. The molecule has 0 unspecified atom stereocenters. The van der Waals surface area contributed by atoms with E-state index in [-0.39, 0.29) is 12.8 Å². The van der Waals surface area contributed by atoms with E-state index in [2.05, 4.69) is 0 Å². The molecule has 15 heavy (non-hydrogen) atoms. The molecule has 0 aliphatic rings. The maximum Gasteiger partial charge on any atom is 0.306 e. The summed E-state index contributed by atoms with van der Waals surface area (Å²) in [4.78, 5) is 21.5. The molecule has 4 nitrogen and oxygen atoms in total. The van der Waals surface area contributed by atoms with Crippen molar-refractivity contribution in [2.24, 2.45) is 5.92 Å². The molecule has 0 aliphatic carbocycles. The standard InChI is InChI=1S/C11H20O4/c1-8(2)7-11(3,4)15-10(14)6-5-9(12)13/h8H,5-7H2,1-4H3,(H,12,13). The summed E-state index contributed by atoms with van der Waals surface area (Å²) in [5, 5.41) is 8.40. The Morgan fingerprint density at radius 3 is 2.20 bits per heavy atom. The maximum absolute atomic E-state index is 11.3. The summed E-state index contributed by atoms with van der Waals surface area (Å²) in [6.45, 7) is 7.77. The highest BCUT2D eigenvalue weighted by Gasteiger charge is 2.24. The average Bonchev–Trinajstić information content (AvgIpc) is 1.96. The van der Waals surface area contributed by atoms with Crippen molar-refractivity contribution in [3.63, 3.8) is 0 Å². The Balaban J connectivity index is 3.98. The van der Waals surface area contributed by atoms with Gasteiger partial charge >= 0.3 is 11.9 Å². The van der Waals surface area contributed by atoms with Crippen LogP contribution in [0.3, 0.4) is 0 Å². The van der Waals surface area contributed by atoms with Crippen LogP contribution in [0.1, 0.15) is 47.0 Å². The van der Waals surface area contributed by atoms with Gasteiger partial charge in [-0.15, -0.1) is 0 Å². The first-order valence-electron chi connectivity index (χ1n) is 5.16. The highest BCUT2D eigenvalue weighted by Crippen LogP contribution is 2.20. The predicted molar refractivity (Wildman–Crippen MR) is 56.5 cm³/mol. The van der Waals surface area contributed by atoms with Crippen molar-refractivity contribution >= 4 is 11.9 Å². The summed E-state index contributed by atoms with van der Waals surface area (Å²) in [6.07, 6.45) is 0.541. The highest BCUT2D eigenvalue weighted by molar-refractivity contribution is 5.76. The first-order valence-corrected chi connectivity index (χ1v) is 5.16. The highest BCUT2D eigenvalue weighted by atomic mass is 16.6. The Kier molecular flexibility index (Phi) is 5.33. The van der Waals surface area contributed by atoms with Crippen LogP contribution in [0.15, 0.2) is 0 Å². The number of hydrogen-bond acceptors (Lipinski definition) is 3. The van der Waals surface area contributed by atoms with E-state index in [0.717, 1.165) is 6.42 Å². The Morgan fingerprint density at radius 2 is 1.80 bits per heavy atom. The molecule has 0 aromatic carbocycles. The van der Waals surface area contributed by atoms with Crippen molar-refractivity contribution in [3.8, 4) is 0 Å². The molecule has 0 aliphatic heterocycles. The quantitative estimate of drug-likeness (QED) is 0.691. The first-order chi connectivity index (χ1) is 6.73. The van der Waals surface area contributed by atoms with Crippen molar-refractivity contribution in [1.29, 1.82) is 0 Å². The van der Waals surface area contributed by atoms with Crippen LogP contribution in [0.4, 0.5) is 0 Å². The summed E-state index contributed by atoms with van der Waals surface area (Å²) in [5.74, 6) is -0.982. The molecule has 0 saturated heterocycles. The third kappa shape index (κ3) is 7.97. The van der Waals surface area contributed by atoms with Crippen molar-refractivity contribution in [3.05, 3.63) is 0 Å². The molecule has 0 saturated carbocycles. The SMILES string of the molecule is CC(C)CC(C)(C)OC(=O)CCC(=O)O. The Bertz CT molecular complexity index is 231. The topological polar surface area (TPSA) is 63.6 Å². The molecule has 0 atom stereocenters. The Labute approximate surface area is 90.6 Å². The van der Waals surface area contributed by atoms with Crippen molar-refractivity contribution in [1.82, 2.24) is 0 Å². The summed E-state index contributed by atoms with van der Waals surface area (Å²) in [6, 6.07) is 0. The molecule has 0 aromatic rings. The largest absolute Gasteiger partial charge is 0.481 e. The molecule has 1 N–H and O–H groups in total. The molecule has 0 fully saturated rings. The van der Waals surface area contributed by atoms with E-state index in [9.17, 15) is 9.59 Å². The molecule has 0 amide bonds. The van der Waals surface area contributed by atoms with Crippen LogP contribution in [0.5, 0.6) is 0 Å². The molecule has 0 radical (unpaired) electrons. The number of aliphatic carboxylic acids is 1. The number of hydrogen-bond donors (Lipinski definition) is 1. The van der Waals surface area contributed by atoms with E-state index < -0.39 is 17.5 Å². The monoisotopic (exact) mass is 216 g/mol. The van der Waals surface area contributed by atoms with Crippen molar-refractivity contribution < 1.29 is 19.4 Å². The zero-order chi connectivity index (χ0) is 12.1. The predicted octanol–water partition coefficient (Wildman–Crippen LogP) is 2.22. The molecule has 0 bridgehead atoms. The second kappa shape index (κ2) is 5.73. The van der Waals surface area contributed by atoms with Gasteiger partial charge in [0.1, 0.15) is 5.60 Å². The number of carbonyl (C=O) groups is 2. The summed E-state index contributed by atoms with van der Waals surface area (Å²) in [5.41, 5.74) is -0.510. The molecule has 0 aromatic heterocycles. The second-order valence-electron chi connectivity index (χ2n) is 4.73. The molecular weight excluding hydrogens is 196 g/mol. The van der Waals surface area contributed by atoms with Gasteiger partial charge in [-0.3, -0.25) is 9.59 Å². The third-order valence-electron chi connectivity index (χ3n) is 1.83. The number of rotatable bonds is 6. The average molecular weight is 216 g/mol. The lowest BCUT2D eigenvalue weighted by Crippen LogP contribution is -2.29. The zero-order valence-electron chi connectivity index (χ0n) is 9.87. The van der Waals surface area contributed by atoms with Crippen LogP contribution >= 0.6 is 0 Å². The van der Waals surface area contributed by atoms with Gasteiger partial charge in [-0.25, -0.2) is 0 Å². The zero-order valence-corrected chi connectivity index (χ0v) is 9.87. The third-order valence-corrected chi connectivity index (χ3v) is 1.83. The van der Waals surface area contributed by atoms with E-state index in [1.807, 2.05) is 27.7 Å². The molecular formula is C11H20O4. The van der Waals surface area contributed by atoms with Crippen molar-refractivity contribution in [2.45, 2.75) is 52.6 Å². The lowest BCUT2D eigenvalue weighted by Gasteiger charge is -2.26. The Hall–Kier alpha value is -1.06. The fourth-order valence-electron chi connectivity index (χ4n) is 1.59. The van der Waals surface area contributed by atoms with Crippen LogP contribution in [0, 0.1) is 5.92 Å². The lowest BCUT2D eigenvalue weighted by molar-refractivity contribution is -0.159. The van der Waals surface area contributed by atoms with E-state index in [0.29, 0.717) is 5.92 Å². The van der Waals surface area contributed by atoms with Gasteiger partial charge in [0.2, 0.25) is 0 Å². The van der Waals surface area contributed by atoms with Crippen LogP contribution in [0.2, 0.25) is 0 Å². The first kappa shape index (κ1) is 13.9. The van der Waals surface area contributed by atoms with Gasteiger partial charge in [-0.1, -0.05) is 13.8 Å². The molecule has 88 valence electrons. The van der Waals surface area contributed by atoms with E-state index in [1.165, 1.54) is 0 Å². The van der Waals surface area contributed by atoms with Gasteiger partial charge in [0.05, 0.1) is 12.8 Å². The minimum atomic E-state index is -0.978. The van der Waals surface area contributed by atoms with Crippen molar-refractivity contribution in [2.75, 3.05) is 0 Å². The minimum absolute atomic E-state index is 0.0587. The number of ether oxygens (including phenoxy) is 1. The number of carbonyl (C=O) groups excluding carboxylic acids is 1. The van der Waals surface area contributed by atoms with Crippen LogP contribution < -0.4 is 0 Å². The van der Waals surface area contributed by atoms with E-state index in [4.69, 9.17) is 9.84 Å². The fraction of sp³-hybridized carbons (Fsp3) is 0.818. The molecule has 0 rings (SSSR count). The van der Waals surface area contributed by atoms with Crippen LogP contribution in [-0.2, 0) is 14.3 Å². The molecule has 0 heterocycles. The fourth-order valence-corrected chi connectivity index (χ4v) is 1.59. The number of carboxylic acids is 1. The number of carboxylic acid groups (broad SMARTS) is 1. The summed E-state index contributed by atoms with van der Waals surface area (Å²) < 4.78 is 5.20. The minimum Gasteiger partial charge on any atom is -0.481 e. The second-order valence-corrected chi connectivity index (χ2v) is 4.73. The lowest BCUT2D eigenvalue weighted by atomic mass is 9.96. The van der Waals surface area contributed by atoms with Crippen LogP contribution in [0.25, 0.3) is 0 Å². The maximum atomic E-state index is 11.3. The van der Waals surface area contributed by atoms with E-state index >= 15 is 0 Å². The van der Waals surface area contributed by atoms with Gasteiger partial charge in [-0.05, 0) is 26.2 Å². The van der Waals surface area contributed by atoms with Gasteiger partial charge in [-0.2, -0.15) is 0 Å². The molecule has 4 heteroatoms. The smallest absolute Gasteiger partial charge is 0.306 e. The van der Waals surface area contributed by atoms with Gasteiger partial charge in [0.15, 0.2) is 0 Å². The van der Waals surface area contributed by atoms with Gasteiger partial charge in [0, 0.05) is 0 Å². The summed E-state index contributed by atoms with van der Waals surface area (Å²) in [7, 11) is 0. The van der Waals surface area contributed by atoms with Gasteiger partial charge < -0.3 is 9.84 Å².